The summed E-state index contributed by atoms with van der Waals surface area (Å²) in [6.45, 7) is 2.47. The molecule has 124 valence electrons. The normalized spacial score (nSPS) is 11.3. The Bertz CT molecular complexity index is 697. The van der Waals surface area contributed by atoms with Crippen molar-refractivity contribution in [2.75, 3.05) is 17.6 Å². The van der Waals surface area contributed by atoms with E-state index in [1.54, 1.807) is 11.8 Å². The first-order chi connectivity index (χ1) is 11.7. The molecule has 2 aromatic rings. The van der Waals surface area contributed by atoms with E-state index in [9.17, 15) is 4.79 Å². The average molecular weight is 339 g/mol. The molecule has 0 saturated heterocycles. The third-order valence-electron chi connectivity index (χ3n) is 3.39. The number of anilines is 1. The lowest BCUT2D eigenvalue weighted by Gasteiger charge is -2.12. The summed E-state index contributed by atoms with van der Waals surface area (Å²) >= 11 is 1.58. The van der Waals surface area contributed by atoms with Crippen molar-refractivity contribution in [1.82, 2.24) is 5.32 Å². The van der Waals surface area contributed by atoms with Gasteiger partial charge in [-0.3, -0.25) is 0 Å². The molecule has 0 aliphatic carbocycles. The van der Waals surface area contributed by atoms with Crippen molar-refractivity contribution in [2.24, 2.45) is 5.92 Å². The zero-order valence-corrected chi connectivity index (χ0v) is 14.5. The van der Waals surface area contributed by atoms with Gasteiger partial charge in [0, 0.05) is 17.2 Å². The van der Waals surface area contributed by atoms with E-state index in [0.29, 0.717) is 12.3 Å². The Balaban J connectivity index is 1.84. The SMILES string of the molecule is CC(C#N)CSc1ccccc1NC(=O)NCCc1ccccc1. The number of rotatable bonds is 7. The molecule has 0 heterocycles. The highest BCUT2D eigenvalue weighted by Gasteiger charge is 2.08. The second-order valence-corrected chi connectivity index (χ2v) is 6.52. The van der Waals surface area contributed by atoms with Gasteiger partial charge >= 0.3 is 6.03 Å². The fourth-order valence-corrected chi connectivity index (χ4v) is 3.03. The van der Waals surface area contributed by atoms with Crippen LogP contribution >= 0.6 is 11.8 Å². The topological polar surface area (TPSA) is 64.9 Å². The fourth-order valence-electron chi connectivity index (χ4n) is 2.08. The van der Waals surface area contributed by atoms with Gasteiger partial charge < -0.3 is 10.6 Å². The predicted octanol–water partition coefficient (Wildman–Crippen LogP) is 4.30. The van der Waals surface area contributed by atoms with E-state index in [4.69, 9.17) is 5.26 Å². The number of nitriles is 1. The van der Waals surface area contributed by atoms with Gasteiger partial charge in [-0.05, 0) is 31.0 Å². The third-order valence-corrected chi connectivity index (χ3v) is 4.72. The number of benzene rings is 2. The number of carbonyl (C=O) groups excluding carboxylic acids is 1. The van der Waals surface area contributed by atoms with Gasteiger partial charge in [0.1, 0.15) is 0 Å². The maximum atomic E-state index is 12.1. The number of para-hydroxylation sites is 1. The summed E-state index contributed by atoms with van der Waals surface area (Å²) in [7, 11) is 0. The molecule has 0 aliphatic rings. The van der Waals surface area contributed by atoms with Crippen molar-refractivity contribution >= 4 is 23.5 Å². The van der Waals surface area contributed by atoms with Crippen LogP contribution in [0.1, 0.15) is 12.5 Å². The molecule has 0 saturated carbocycles. The van der Waals surface area contributed by atoms with Gasteiger partial charge in [0.15, 0.2) is 0 Å². The van der Waals surface area contributed by atoms with E-state index < -0.39 is 0 Å². The van der Waals surface area contributed by atoms with Crippen molar-refractivity contribution in [1.29, 1.82) is 5.26 Å². The Morgan fingerprint density at radius 3 is 2.62 bits per heavy atom. The van der Waals surface area contributed by atoms with E-state index in [2.05, 4.69) is 16.7 Å². The quantitative estimate of drug-likeness (QED) is 0.739. The summed E-state index contributed by atoms with van der Waals surface area (Å²) < 4.78 is 0. The highest BCUT2D eigenvalue weighted by atomic mass is 32.2. The van der Waals surface area contributed by atoms with Crippen LogP contribution in [0.5, 0.6) is 0 Å². The summed E-state index contributed by atoms with van der Waals surface area (Å²) in [6, 6.07) is 19.7. The molecule has 0 radical (unpaired) electrons. The Kier molecular flexibility index (Phi) is 7.19. The zero-order valence-electron chi connectivity index (χ0n) is 13.7. The van der Waals surface area contributed by atoms with E-state index in [-0.39, 0.29) is 11.9 Å². The summed E-state index contributed by atoms with van der Waals surface area (Å²) in [5.74, 6) is 0.674. The van der Waals surface area contributed by atoms with Crippen molar-refractivity contribution in [3.8, 4) is 6.07 Å². The molecule has 5 heteroatoms. The maximum absolute atomic E-state index is 12.1. The largest absolute Gasteiger partial charge is 0.338 e. The van der Waals surface area contributed by atoms with E-state index in [1.165, 1.54) is 5.56 Å². The van der Waals surface area contributed by atoms with E-state index >= 15 is 0 Å². The minimum Gasteiger partial charge on any atom is -0.338 e. The van der Waals surface area contributed by atoms with Crippen LogP contribution < -0.4 is 10.6 Å². The predicted molar refractivity (Wildman–Crippen MR) is 99.1 cm³/mol. The molecule has 0 aromatic heterocycles. The van der Waals surface area contributed by atoms with Gasteiger partial charge in [-0.25, -0.2) is 4.79 Å². The van der Waals surface area contributed by atoms with Crippen LogP contribution in [0.4, 0.5) is 10.5 Å². The summed E-state index contributed by atoms with van der Waals surface area (Å²) in [5.41, 5.74) is 1.96. The number of hydrogen-bond acceptors (Lipinski definition) is 3. The van der Waals surface area contributed by atoms with Crippen LogP contribution in [-0.4, -0.2) is 18.3 Å². The van der Waals surface area contributed by atoms with Gasteiger partial charge in [-0.1, -0.05) is 42.5 Å². The third kappa shape index (κ3) is 5.98. The molecular weight excluding hydrogens is 318 g/mol. The minimum absolute atomic E-state index is 0.0252. The Morgan fingerprint density at radius 2 is 1.88 bits per heavy atom. The molecule has 24 heavy (non-hydrogen) atoms. The molecule has 1 atom stereocenters. The first-order valence-electron chi connectivity index (χ1n) is 7.89. The standard InChI is InChI=1S/C19H21N3OS/c1-15(13-20)14-24-18-10-6-5-9-17(18)22-19(23)21-12-11-16-7-3-2-4-8-16/h2-10,15H,11-12,14H2,1H3,(H2,21,22,23). The number of nitrogens with one attached hydrogen (secondary N) is 2. The van der Waals surface area contributed by atoms with Gasteiger partial charge in [-0.2, -0.15) is 5.26 Å². The number of hydrogen-bond donors (Lipinski definition) is 2. The maximum Gasteiger partial charge on any atom is 0.319 e. The number of thioether (sulfide) groups is 1. The molecular formula is C19H21N3OS. The molecule has 0 aliphatic heterocycles. The molecule has 2 amide bonds. The number of nitrogens with zero attached hydrogens (tertiary/aromatic N) is 1. The highest BCUT2D eigenvalue weighted by molar-refractivity contribution is 7.99. The van der Waals surface area contributed by atoms with Crippen LogP contribution in [0.25, 0.3) is 0 Å². The summed E-state index contributed by atoms with van der Waals surface area (Å²) in [4.78, 5) is 13.0. The smallest absolute Gasteiger partial charge is 0.319 e. The van der Waals surface area contributed by atoms with Crippen molar-refractivity contribution in [2.45, 2.75) is 18.2 Å². The molecule has 1 unspecified atom stereocenters. The van der Waals surface area contributed by atoms with Gasteiger partial charge in [0.2, 0.25) is 0 Å². The number of amides is 2. The first kappa shape index (κ1) is 17.9. The van der Waals surface area contributed by atoms with Crippen molar-refractivity contribution in [3.05, 3.63) is 60.2 Å². The van der Waals surface area contributed by atoms with Crippen molar-refractivity contribution in [3.63, 3.8) is 0 Å². The van der Waals surface area contributed by atoms with Gasteiger partial charge in [0.25, 0.3) is 0 Å². The molecule has 2 rings (SSSR count). The molecule has 0 spiro atoms. The van der Waals surface area contributed by atoms with Crippen molar-refractivity contribution < 1.29 is 4.79 Å². The second kappa shape index (κ2) is 9.64. The second-order valence-electron chi connectivity index (χ2n) is 5.45. The van der Waals surface area contributed by atoms with Gasteiger partial charge in [0.05, 0.1) is 17.7 Å². The van der Waals surface area contributed by atoms with E-state index in [1.807, 2.05) is 61.5 Å². The average Bonchev–Trinajstić information content (AvgIpc) is 2.61. The lowest BCUT2D eigenvalue weighted by molar-refractivity contribution is 0.252. The lowest BCUT2D eigenvalue weighted by atomic mass is 10.1. The van der Waals surface area contributed by atoms with Crippen LogP contribution in [-0.2, 0) is 6.42 Å². The van der Waals surface area contributed by atoms with E-state index in [0.717, 1.165) is 17.0 Å². The highest BCUT2D eigenvalue weighted by Crippen LogP contribution is 2.28. The molecule has 2 aromatic carbocycles. The molecule has 2 N–H and O–H groups in total. The van der Waals surface area contributed by atoms with Crippen LogP contribution in [0.2, 0.25) is 0 Å². The minimum atomic E-state index is -0.215. The molecule has 0 fully saturated rings. The molecule has 0 bridgehead atoms. The number of carbonyl (C=O) groups is 1. The van der Waals surface area contributed by atoms with Crippen LogP contribution in [0.3, 0.4) is 0 Å². The summed E-state index contributed by atoms with van der Waals surface area (Å²) in [5, 5.41) is 14.6. The van der Waals surface area contributed by atoms with Gasteiger partial charge in [-0.15, -0.1) is 11.8 Å². The Hall–Kier alpha value is -2.45. The lowest BCUT2D eigenvalue weighted by Crippen LogP contribution is -2.30. The first-order valence-corrected chi connectivity index (χ1v) is 8.88. The van der Waals surface area contributed by atoms with Crippen LogP contribution in [0.15, 0.2) is 59.5 Å². The zero-order chi connectivity index (χ0) is 17.2. The monoisotopic (exact) mass is 339 g/mol. The van der Waals surface area contributed by atoms with Crippen LogP contribution in [0, 0.1) is 17.2 Å². The summed E-state index contributed by atoms with van der Waals surface area (Å²) in [6.07, 6.45) is 0.796. The molecule has 4 nitrogen and oxygen atoms in total. The number of urea groups is 1. The Morgan fingerprint density at radius 1 is 1.17 bits per heavy atom. The Labute approximate surface area is 147 Å². The fraction of sp³-hybridized carbons (Fsp3) is 0.263.